The molecule has 1 N–H and O–H groups in total. The van der Waals surface area contributed by atoms with Gasteiger partial charge in [0.15, 0.2) is 0 Å². The quantitative estimate of drug-likeness (QED) is 0.804. The molecule has 1 aromatic heterocycles. The molecule has 0 aliphatic rings. The topological polar surface area (TPSA) is 68.5 Å². The van der Waals surface area contributed by atoms with Crippen LogP contribution in [-0.2, 0) is 6.54 Å². The fourth-order valence-corrected chi connectivity index (χ4v) is 2.56. The Hall–Kier alpha value is -3.08. The number of aromatic nitrogens is 1. The molecule has 0 bridgehead atoms. The normalized spacial score (nSPS) is 10.7. The number of pyridine rings is 1. The molecule has 0 atom stereocenters. The van der Waals surface area contributed by atoms with Crippen LogP contribution in [0.1, 0.15) is 15.9 Å². The number of carboxylic acid groups (broad SMARTS) is 1. The summed E-state index contributed by atoms with van der Waals surface area (Å²) in [6.45, 7) is 0.203. The average Bonchev–Trinajstić information content (AvgIpc) is 2.57. The maximum atomic E-state index is 12.6. The molecule has 0 amide bonds. The van der Waals surface area contributed by atoms with Gasteiger partial charge < -0.3 is 14.4 Å². The van der Waals surface area contributed by atoms with Crippen molar-refractivity contribution in [3.63, 3.8) is 0 Å². The lowest BCUT2D eigenvalue weighted by Gasteiger charge is -2.10. The van der Waals surface area contributed by atoms with Gasteiger partial charge in [-0.15, -0.1) is 0 Å². The number of rotatable bonds is 4. The molecular weight excluding hydrogens is 294 g/mol. The van der Waals surface area contributed by atoms with E-state index in [-0.39, 0.29) is 17.7 Å². The first-order chi connectivity index (χ1) is 11.1. The summed E-state index contributed by atoms with van der Waals surface area (Å²) >= 11 is 0. The number of methoxy groups -OCH3 is 1. The maximum absolute atomic E-state index is 12.6. The molecule has 23 heavy (non-hydrogen) atoms. The van der Waals surface area contributed by atoms with Crippen LogP contribution in [0.3, 0.4) is 0 Å². The van der Waals surface area contributed by atoms with E-state index in [4.69, 9.17) is 4.74 Å². The minimum Gasteiger partial charge on any atom is -0.497 e. The molecule has 0 fully saturated rings. The molecule has 0 aliphatic heterocycles. The third-order valence-corrected chi connectivity index (χ3v) is 3.77. The Labute approximate surface area is 132 Å². The molecule has 3 rings (SSSR count). The Morgan fingerprint density at radius 1 is 1.17 bits per heavy atom. The van der Waals surface area contributed by atoms with Gasteiger partial charge in [0, 0.05) is 6.20 Å². The predicted molar refractivity (Wildman–Crippen MR) is 87.3 cm³/mol. The second-order valence-electron chi connectivity index (χ2n) is 5.16. The van der Waals surface area contributed by atoms with Crippen molar-refractivity contribution in [2.24, 2.45) is 0 Å². The first-order valence-electron chi connectivity index (χ1n) is 7.08. The summed E-state index contributed by atoms with van der Waals surface area (Å²) in [6, 6.07) is 13.8. The molecule has 1 heterocycles. The highest BCUT2D eigenvalue weighted by Gasteiger charge is 2.11. The van der Waals surface area contributed by atoms with Crippen molar-refractivity contribution >= 4 is 16.7 Å². The van der Waals surface area contributed by atoms with Crippen molar-refractivity contribution in [3.8, 4) is 5.75 Å². The van der Waals surface area contributed by atoms with Crippen molar-refractivity contribution in [2.75, 3.05) is 7.11 Å². The molecular formula is C18H15NO4. The summed E-state index contributed by atoms with van der Waals surface area (Å²) < 4.78 is 6.66. The number of hydrogen-bond donors (Lipinski definition) is 1. The molecule has 0 saturated carbocycles. The van der Waals surface area contributed by atoms with Crippen molar-refractivity contribution in [2.45, 2.75) is 6.54 Å². The Bertz CT molecular complexity index is 943. The van der Waals surface area contributed by atoms with Gasteiger partial charge in [-0.1, -0.05) is 24.3 Å². The number of ether oxygens (including phenoxy) is 1. The number of nitrogens with zero attached hydrogens (tertiary/aromatic N) is 1. The highest BCUT2D eigenvalue weighted by Crippen LogP contribution is 2.18. The SMILES string of the molecule is COc1ccc2ccn(Cc3ccccc3C(=O)O)c(=O)c2c1. The van der Waals surface area contributed by atoms with Crippen LogP contribution >= 0.6 is 0 Å². The zero-order valence-electron chi connectivity index (χ0n) is 12.5. The first-order valence-corrected chi connectivity index (χ1v) is 7.08. The van der Waals surface area contributed by atoms with Crippen LogP contribution in [0.15, 0.2) is 59.5 Å². The van der Waals surface area contributed by atoms with E-state index in [1.165, 1.54) is 10.6 Å². The second-order valence-corrected chi connectivity index (χ2v) is 5.16. The third kappa shape index (κ3) is 2.81. The van der Waals surface area contributed by atoms with E-state index in [0.717, 1.165) is 5.39 Å². The highest BCUT2D eigenvalue weighted by atomic mass is 16.5. The average molecular weight is 309 g/mol. The van der Waals surface area contributed by atoms with Gasteiger partial charge in [0.1, 0.15) is 5.75 Å². The van der Waals surface area contributed by atoms with E-state index in [9.17, 15) is 14.7 Å². The fraction of sp³-hybridized carbons (Fsp3) is 0.111. The molecule has 3 aromatic rings. The van der Waals surface area contributed by atoms with Crippen LogP contribution in [-0.4, -0.2) is 22.8 Å². The van der Waals surface area contributed by atoms with Gasteiger partial charge in [-0.05, 0) is 35.2 Å². The number of hydrogen-bond acceptors (Lipinski definition) is 3. The number of benzene rings is 2. The second kappa shape index (κ2) is 5.96. The van der Waals surface area contributed by atoms with Crippen LogP contribution in [0.25, 0.3) is 10.8 Å². The van der Waals surface area contributed by atoms with Crippen molar-refractivity contribution in [1.82, 2.24) is 4.57 Å². The number of aromatic carboxylic acids is 1. The van der Waals surface area contributed by atoms with Crippen molar-refractivity contribution in [3.05, 3.63) is 76.2 Å². The highest BCUT2D eigenvalue weighted by molar-refractivity contribution is 5.89. The van der Waals surface area contributed by atoms with Crippen LogP contribution < -0.4 is 10.3 Å². The monoisotopic (exact) mass is 309 g/mol. The van der Waals surface area contributed by atoms with E-state index in [1.54, 1.807) is 43.6 Å². The molecule has 5 nitrogen and oxygen atoms in total. The summed E-state index contributed by atoms with van der Waals surface area (Å²) in [4.78, 5) is 23.9. The van der Waals surface area contributed by atoms with Gasteiger partial charge in [0.25, 0.3) is 5.56 Å². The largest absolute Gasteiger partial charge is 0.497 e. The van der Waals surface area contributed by atoms with Gasteiger partial charge in [-0.25, -0.2) is 4.79 Å². The van der Waals surface area contributed by atoms with E-state index in [1.807, 2.05) is 12.1 Å². The van der Waals surface area contributed by atoms with Crippen molar-refractivity contribution in [1.29, 1.82) is 0 Å². The number of carboxylic acids is 1. The summed E-state index contributed by atoms with van der Waals surface area (Å²) in [5, 5.41) is 10.6. The Kier molecular flexibility index (Phi) is 3.85. The van der Waals surface area contributed by atoms with Crippen LogP contribution in [0.4, 0.5) is 0 Å². The maximum Gasteiger partial charge on any atom is 0.336 e. The number of fused-ring (bicyclic) bond motifs is 1. The molecule has 0 radical (unpaired) electrons. The standard InChI is InChI=1S/C18H15NO4/c1-23-14-7-6-12-8-9-19(17(20)16(12)10-14)11-13-4-2-3-5-15(13)18(21)22/h2-10H,11H2,1H3,(H,21,22). The Morgan fingerprint density at radius 3 is 2.70 bits per heavy atom. The summed E-state index contributed by atoms with van der Waals surface area (Å²) in [7, 11) is 1.55. The van der Waals surface area contributed by atoms with Gasteiger partial charge in [0.05, 0.1) is 24.6 Å². The van der Waals surface area contributed by atoms with Crippen molar-refractivity contribution < 1.29 is 14.6 Å². The lowest BCUT2D eigenvalue weighted by molar-refractivity contribution is 0.0695. The van der Waals surface area contributed by atoms with Gasteiger partial charge in [0.2, 0.25) is 0 Å². The summed E-state index contributed by atoms with van der Waals surface area (Å²) in [5.74, 6) is -0.394. The van der Waals surface area contributed by atoms with Gasteiger partial charge in [-0.2, -0.15) is 0 Å². The summed E-state index contributed by atoms with van der Waals surface area (Å²) in [5.41, 5.74) is 0.607. The molecule has 0 aliphatic carbocycles. The number of carbonyl (C=O) groups is 1. The van der Waals surface area contributed by atoms with E-state index < -0.39 is 5.97 Å². The third-order valence-electron chi connectivity index (χ3n) is 3.77. The molecule has 5 heteroatoms. The fourth-order valence-electron chi connectivity index (χ4n) is 2.56. The van der Waals surface area contributed by atoms with Gasteiger partial charge >= 0.3 is 5.97 Å². The van der Waals surface area contributed by atoms with E-state index in [2.05, 4.69) is 0 Å². The molecule has 116 valence electrons. The van der Waals surface area contributed by atoms with E-state index in [0.29, 0.717) is 16.7 Å². The van der Waals surface area contributed by atoms with E-state index >= 15 is 0 Å². The minimum absolute atomic E-state index is 0.179. The molecule has 0 unspecified atom stereocenters. The summed E-state index contributed by atoms with van der Waals surface area (Å²) in [6.07, 6.45) is 1.68. The smallest absolute Gasteiger partial charge is 0.336 e. The molecule has 0 saturated heterocycles. The van der Waals surface area contributed by atoms with Gasteiger partial charge in [-0.3, -0.25) is 4.79 Å². The molecule has 2 aromatic carbocycles. The van der Waals surface area contributed by atoms with Crippen LogP contribution in [0.2, 0.25) is 0 Å². The minimum atomic E-state index is -1.00. The predicted octanol–water partition coefficient (Wildman–Crippen LogP) is 2.76. The van der Waals surface area contributed by atoms with Crippen LogP contribution in [0, 0.1) is 0 Å². The lowest BCUT2D eigenvalue weighted by atomic mass is 10.1. The van der Waals surface area contributed by atoms with Crippen LogP contribution in [0.5, 0.6) is 5.75 Å². The Morgan fingerprint density at radius 2 is 1.96 bits per heavy atom. The Balaban J connectivity index is 2.09. The molecule has 0 spiro atoms. The lowest BCUT2D eigenvalue weighted by Crippen LogP contribution is -2.21. The first kappa shape index (κ1) is 14.8. The zero-order chi connectivity index (χ0) is 16.4. The zero-order valence-corrected chi connectivity index (χ0v) is 12.5.